The van der Waals surface area contributed by atoms with Crippen molar-refractivity contribution in [3.05, 3.63) is 11.6 Å². The summed E-state index contributed by atoms with van der Waals surface area (Å²) in [7, 11) is -1.99. The van der Waals surface area contributed by atoms with Gasteiger partial charge in [-0.2, -0.15) is 0 Å². The lowest BCUT2D eigenvalue weighted by molar-refractivity contribution is -0.143. The molecule has 0 saturated heterocycles. The first-order valence-electron chi connectivity index (χ1n) is 7.66. The van der Waals surface area contributed by atoms with Crippen LogP contribution in [0.2, 0.25) is 18.1 Å². The van der Waals surface area contributed by atoms with Crippen molar-refractivity contribution < 1.29 is 28.7 Å². The maximum atomic E-state index is 11.8. The lowest BCUT2D eigenvalue weighted by atomic mass is 10.2. The average Bonchev–Trinajstić information content (AvgIpc) is 2.50. The molecule has 0 radical (unpaired) electrons. The van der Waals surface area contributed by atoms with Crippen LogP contribution in [0.5, 0.6) is 0 Å². The molecular formula is C15H26O6Si. The first kappa shape index (κ1) is 20.4. The van der Waals surface area contributed by atoms with Gasteiger partial charge in [0.15, 0.2) is 0 Å². The summed E-state index contributed by atoms with van der Waals surface area (Å²) in [6.45, 7) is 7.63. The highest BCUT2D eigenvalue weighted by molar-refractivity contribution is 6.74. The highest BCUT2D eigenvalue weighted by Crippen LogP contribution is 2.22. The van der Waals surface area contributed by atoms with E-state index in [1.54, 1.807) is 6.92 Å². The zero-order valence-corrected chi connectivity index (χ0v) is 14.8. The summed E-state index contributed by atoms with van der Waals surface area (Å²) in [5.41, 5.74) is 0.0697. The Morgan fingerprint density at radius 2 is 1.59 bits per heavy atom. The molecule has 1 N–H and O–H groups in total. The van der Waals surface area contributed by atoms with Gasteiger partial charge in [0.25, 0.3) is 14.3 Å². The van der Waals surface area contributed by atoms with E-state index in [0.717, 1.165) is 24.2 Å². The van der Waals surface area contributed by atoms with Gasteiger partial charge in [-0.15, -0.1) is 0 Å². The van der Waals surface area contributed by atoms with Crippen LogP contribution in [-0.2, 0) is 23.5 Å². The summed E-state index contributed by atoms with van der Waals surface area (Å²) in [6.07, 6.45) is 1.07. The van der Waals surface area contributed by atoms with Gasteiger partial charge in [0.1, 0.15) is 6.61 Å². The lowest BCUT2D eigenvalue weighted by Crippen LogP contribution is -2.38. The Balaban J connectivity index is 4.38. The summed E-state index contributed by atoms with van der Waals surface area (Å²) in [4.78, 5) is 34.1. The zero-order valence-electron chi connectivity index (χ0n) is 13.8. The molecule has 0 spiro atoms. The number of esters is 1. The van der Waals surface area contributed by atoms with Crippen molar-refractivity contribution in [1.29, 1.82) is 0 Å². The number of carbonyl (C=O) groups is 3. The Morgan fingerprint density at radius 3 is 2.00 bits per heavy atom. The van der Waals surface area contributed by atoms with Crippen molar-refractivity contribution >= 4 is 26.2 Å². The first-order valence-corrected chi connectivity index (χ1v) is 10.2. The number of hydrogen-bond donors (Lipinski definition) is 1. The highest BCUT2D eigenvalue weighted by atomic mass is 28.4. The fraction of sp³-hybridized carbons (Fsp3) is 0.667. The standard InChI is InChI=1S/C15H26O6Si/c1-5-12(11-13(16)17)15(19)20-10-9-14(18)21-22(6-2,7-3)8-4/h11H,5-10H2,1-4H3,(H,16,17)/b12-11-. The lowest BCUT2D eigenvalue weighted by Gasteiger charge is -2.27. The van der Waals surface area contributed by atoms with Crippen molar-refractivity contribution in [3.8, 4) is 0 Å². The highest BCUT2D eigenvalue weighted by Gasteiger charge is 2.32. The molecule has 6 nitrogen and oxygen atoms in total. The predicted octanol–water partition coefficient (Wildman–Crippen LogP) is 2.89. The maximum absolute atomic E-state index is 11.8. The second kappa shape index (κ2) is 10.2. The van der Waals surface area contributed by atoms with Crippen LogP contribution in [0.4, 0.5) is 0 Å². The third kappa shape index (κ3) is 6.88. The van der Waals surface area contributed by atoms with Crippen LogP contribution in [0.1, 0.15) is 40.5 Å². The molecule has 0 unspecified atom stereocenters. The van der Waals surface area contributed by atoms with Crippen LogP contribution in [0.3, 0.4) is 0 Å². The Bertz CT molecular complexity index is 417. The van der Waals surface area contributed by atoms with Crippen LogP contribution in [0.25, 0.3) is 0 Å². The van der Waals surface area contributed by atoms with Gasteiger partial charge in [0.2, 0.25) is 0 Å². The van der Waals surface area contributed by atoms with Gasteiger partial charge in [-0.05, 0) is 24.6 Å². The van der Waals surface area contributed by atoms with Gasteiger partial charge in [-0.3, -0.25) is 4.79 Å². The van der Waals surface area contributed by atoms with Crippen molar-refractivity contribution in [2.45, 2.75) is 58.7 Å². The number of ether oxygens (including phenoxy) is 1. The third-order valence-electron chi connectivity index (χ3n) is 3.74. The van der Waals surface area contributed by atoms with Crippen LogP contribution in [0.15, 0.2) is 11.6 Å². The number of carbonyl (C=O) groups excluding carboxylic acids is 2. The van der Waals surface area contributed by atoms with Crippen molar-refractivity contribution in [3.63, 3.8) is 0 Å². The molecule has 0 heterocycles. The molecular weight excluding hydrogens is 304 g/mol. The smallest absolute Gasteiger partial charge is 0.334 e. The molecule has 0 saturated carbocycles. The Kier molecular flexibility index (Phi) is 9.40. The molecule has 0 rings (SSSR count). The number of aliphatic carboxylic acids is 1. The van der Waals surface area contributed by atoms with E-state index >= 15 is 0 Å². The van der Waals surface area contributed by atoms with E-state index in [9.17, 15) is 14.4 Å². The first-order chi connectivity index (χ1) is 10.3. The quantitative estimate of drug-likeness (QED) is 0.376. The van der Waals surface area contributed by atoms with Gasteiger partial charge >= 0.3 is 11.9 Å². The maximum Gasteiger partial charge on any atom is 0.334 e. The fourth-order valence-corrected chi connectivity index (χ4v) is 4.55. The second-order valence-corrected chi connectivity index (χ2v) is 9.66. The van der Waals surface area contributed by atoms with E-state index in [-0.39, 0.29) is 31.0 Å². The molecule has 22 heavy (non-hydrogen) atoms. The molecule has 0 fully saturated rings. The Labute approximate surface area is 132 Å². The summed E-state index contributed by atoms with van der Waals surface area (Å²) in [6, 6.07) is 2.60. The van der Waals surface area contributed by atoms with E-state index < -0.39 is 20.3 Å². The topological polar surface area (TPSA) is 89.9 Å². The molecule has 0 aromatic rings. The summed E-state index contributed by atoms with van der Waals surface area (Å²) < 4.78 is 10.5. The normalized spacial score (nSPS) is 11.9. The molecule has 0 bridgehead atoms. The average molecular weight is 330 g/mol. The molecule has 0 aromatic heterocycles. The summed E-state index contributed by atoms with van der Waals surface area (Å²) in [5.74, 6) is -2.26. The van der Waals surface area contributed by atoms with Crippen molar-refractivity contribution in [2.75, 3.05) is 6.61 Å². The van der Waals surface area contributed by atoms with E-state index in [1.807, 2.05) is 20.8 Å². The van der Waals surface area contributed by atoms with Gasteiger partial charge in [0, 0.05) is 11.6 Å². The minimum Gasteiger partial charge on any atom is -0.519 e. The minimum atomic E-state index is -1.99. The van der Waals surface area contributed by atoms with Crippen LogP contribution in [-0.4, -0.2) is 37.9 Å². The molecule has 0 atom stereocenters. The second-order valence-electron chi connectivity index (χ2n) is 4.97. The molecule has 0 amide bonds. The Hall–Kier alpha value is -1.63. The number of carboxylic acid groups (broad SMARTS) is 1. The van der Waals surface area contributed by atoms with Gasteiger partial charge < -0.3 is 14.3 Å². The summed E-state index contributed by atoms with van der Waals surface area (Å²) >= 11 is 0. The zero-order chi connectivity index (χ0) is 17.2. The molecule has 7 heteroatoms. The number of rotatable bonds is 10. The van der Waals surface area contributed by atoms with E-state index in [1.165, 1.54) is 0 Å². The van der Waals surface area contributed by atoms with Crippen LogP contribution < -0.4 is 0 Å². The minimum absolute atomic E-state index is 0.00937. The van der Waals surface area contributed by atoms with E-state index in [2.05, 4.69) is 0 Å². The van der Waals surface area contributed by atoms with E-state index in [4.69, 9.17) is 14.3 Å². The SMILES string of the molecule is CC/C(=C/C(=O)O)C(=O)OCCC(=O)O[Si](CC)(CC)CC. The molecule has 0 aliphatic rings. The predicted molar refractivity (Wildman–Crippen MR) is 84.9 cm³/mol. The number of hydrogen-bond acceptors (Lipinski definition) is 5. The third-order valence-corrected chi connectivity index (χ3v) is 8.27. The molecule has 0 aliphatic heterocycles. The van der Waals surface area contributed by atoms with Crippen LogP contribution >= 0.6 is 0 Å². The van der Waals surface area contributed by atoms with Gasteiger partial charge in [-0.25, -0.2) is 9.59 Å². The van der Waals surface area contributed by atoms with Crippen molar-refractivity contribution in [2.24, 2.45) is 0 Å². The van der Waals surface area contributed by atoms with Crippen molar-refractivity contribution in [1.82, 2.24) is 0 Å². The number of carboxylic acids is 1. The van der Waals surface area contributed by atoms with E-state index in [0.29, 0.717) is 0 Å². The van der Waals surface area contributed by atoms with Crippen LogP contribution in [0, 0.1) is 0 Å². The summed E-state index contributed by atoms with van der Waals surface area (Å²) in [5, 5.41) is 8.63. The van der Waals surface area contributed by atoms with Gasteiger partial charge in [-0.1, -0.05) is 27.7 Å². The largest absolute Gasteiger partial charge is 0.519 e. The Morgan fingerprint density at radius 1 is 1.05 bits per heavy atom. The van der Waals surface area contributed by atoms with Gasteiger partial charge in [0.05, 0.1) is 6.42 Å². The molecule has 0 aliphatic carbocycles. The molecule has 126 valence electrons. The molecule has 0 aromatic carbocycles. The fourth-order valence-electron chi connectivity index (χ4n) is 2.03. The monoisotopic (exact) mass is 330 g/mol.